The molecule has 0 radical (unpaired) electrons. The van der Waals surface area contributed by atoms with E-state index < -0.39 is 0 Å². The number of hydrogen-bond donors (Lipinski definition) is 3. The van der Waals surface area contributed by atoms with E-state index in [1.165, 1.54) is 0 Å². The van der Waals surface area contributed by atoms with Crippen molar-refractivity contribution in [2.75, 3.05) is 0 Å². The lowest BCUT2D eigenvalue weighted by Gasteiger charge is -2.22. The van der Waals surface area contributed by atoms with Crippen LogP contribution in [0.3, 0.4) is 0 Å². The van der Waals surface area contributed by atoms with E-state index in [1.54, 1.807) is 0 Å². The van der Waals surface area contributed by atoms with Gasteiger partial charge in [0.05, 0.1) is 0 Å². The summed E-state index contributed by atoms with van der Waals surface area (Å²) in [6, 6.07) is 0.181. The minimum atomic E-state index is -0.349. The number of carbonyl (C=O) groups is 3. The van der Waals surface area contributed by atoms with Gasteiger partial charge < -0.3 is 16.0 Å². The molecule has 0 aliphatic carbocycles. The van der Waals surface area contributed by atoms with Crippen LogP contribution < -0.4 is 16.0 Å². The minimum Gasteiger partial charge on any atom is -0.354 e. The van der Waals surface area contributed by atoms with Crippen LogP contribution in [-0.2, 0) is 14.4 Å². The fourth-order valence-electron chi connectivity index (χ4n) is 2.42. The van der Waals surface area contributed by atoms with E-state index in [1.807, 2.05) is 48.5 Å². The number of nitrogens with one attached hydrogen (secondary N) is 3. The fraction of sp³-hybridized carbons (Fsp3) is 0.833. The summed E-state index contributed by atoms with van der Waals surface area (Å²) in [5, 5.41) is 8.59. The highest BCUT2D eigenvalue weighted by atomic mass is 16.2. The molecule has 6 heteroatoms. The zero-order valence-corrected chi connectivity index (χ0v) is 16.2. The van der Waals surface area contributed by atoms with Crippen LogP contribution in [0.5, 0.6) is 0 Å². The van der Waals surface area contributed by atoms with E-state index in [-0.39, 0.29) is 54.1 Å². The summed E-state index contributed by atoms with van der Waals surface area (Å²) in [4.78, 5) is 36.3. The molecular weight excluding hydrogens is 306 g/mol. The Balaban J connectivity index is 4.77. The topological polar surface area (TPSA) is 87.3 Å². The molecule has 0 heterocycles. The Bertz CT molecular complexity index is 420. The fourth-order valence-corrected chi connectivity index (χ4v) is 2.42. The van der Waals surface area contributed by atoms with Gasteiger partial charge in [-0.05, 0) is 54.4 Å². The van der Waals surface area contributed by atoms with Gasteiger partial charge in [0.1, 0.15) is 0 Å². The third-order valence-electron chi connectivity index (χ3n) is 3.49. The molecule has 0 rings (SSSR count). The Kier molecular flexibility index (Phi) is 10.3. The Hall–Kier alpha value is -1.59. The van der Waals surface area contributed by atoms with Gasteiger partial charge in [0, 0.05) is 36.4 Å². The van der Waals surface area contributed by atoms with Crippen LogP contribution in [0.4, 0.5) is 0 Å². The third-order valence-corrected chi connectivity index (χ3v) is 3.49. The summed E-state index contributed by atoms with van der Waals surface area (Å²) in [6.07, 6.45) is 1.16. The van der Waals surface area contributed by atoms with Crippen molar-refractivity contribution in [3.8, 4) is 0 Å². The van der Waals surface area contributed by atoms with E-state index in [0.717, 1.165) is 0 Å². The quantitative estimate of drug-likeness (QED) is 0.568. The molecule has 6 nitrogen and oxygen atoms in total. The first kappa shape index (κ1) is 22.4. The van der Waals surface area contributed by atoms with Gasteiger partial charge in [-0.15, -0.1) is 0 Å². The average Bonchev–Trinajstić information content (AvgIpc) is 2.40. The van der Waals surface area contributed by atoms with Gasteiger partial charge in [-0.3, -0.25) is 14.4 Å². The Morgan fingerprint density at radius 2 is 1.17 bits per heavy atom. The van der Waals surface area contributed by atoms with Crippen LogP contribution in [0.1, 0.15) is 67.7 Å². The molecule has 140 valence electrons. The third kappa shape index (κ3) is 10.2. The summed E-state index contributed by atoms with van der Waals surface area (Å²) in [5.41, 5.74) is 0. The summed E-state index contributed by atoms with van der Waals surface area (Å²) in [7, 11) is 0. The number of carbonyl (C=O) groups excluding carboxylic acids is 3. The van der Waals surface area contributed by atoms with Gasteiger partial charge in [-0.2, -0.15) is 0 Å². The smallest absolute Gasteiger partial charge is 0.223 e. The normalized spacial score (nSPS) is 13.8. The molecule has 3 N–H and O–H groups in total. The summed E-state index contributed by atoms with van der Waals surface area (Å²) in [5.74, 6) is -0.834. The SMILES string of the molecule is CC(C)NC(=O)CCC(CC(C)C(=O)NC(C)C)C(=O)NC(C)C. The second kappa shape index (κ2) is 11.0. The molecule has 0 aromatic carbocycles. The van der Waals surface area contributed by atoms with Gasteiger partial charge in [0.15, 0.2) is 0 Å². The maximum atomic E-state index is 12.4. The molecule has 0 saturated carbocycles. The van der Waals surface area contributed by atoms with Gasteiger partial charge in [-0.25, -0.2) is 0 Å². The zero-order chi connectivity index (χ0) is 18.9. The number of amides is 3. The second-order valence-electron chi connectivity index (χ2n) is 7.42. The van der Waals surface area contributed by atoms with Gasteiger partial charge >= 0.3 is 0 Å². The molecule has 0 aliphatic rings. The van der Waals surface area contributed by atoms with Crippen molar-refractivity contribution in [1.29, 1.82) is 0 Å². The first-order chi connectivity index (χ1) is 11.0. The van der Waals surface area contributed by atoms with Crippen molar-refractivity contribution in [3.63, 3.8) is 0 Å². The zero-order valence-electron chi connectivity index (χ0n) is 16.2. The predicted molar refractivity (Wildman–Crippen MR) is 96.3 cm³/mol. The van der Waals surface area contributed by atoms with Gasteiger partial charge in [0.2, 0.25) is 17.7 Å². The van der Waals surface area contributed by atoms with E-state index in [9.17, 15) is 14.4 Å². The lowest BCUT2D eigenvalue weighted by atomic mass is 9.90. The Morgan fingerprint density at radius 3 is 1.62 bits per heavy atom. The van der Waals surface area contributed by atoms with Crippen molar-refractivity contribution < 1.29 is 14.4 Å². The molecule has 0 aromatic rings. The van der Waals surface area contributed by atoms with Gasteiger partial charge in [-0.1, -0.05) is 6.92 Å². The molecule has 2 atom stereocenters. The molecule has 2 unspecified atom stereocenters. The van der Waals surface area contributed by atoms with E-state index in [4.69, 9.17) is 0 Å². The highest BCUT2D eigenvalue weighted by Gasteiger charge is 2.26. The summed E-state index contributed by atoms with van der Waals surface area (Å²) < 4.78 is 0. The highest BCUT2D eigenvalue weighted by molar-refractivity contribution is 5.83. The standard InChI is InChI=1S/C18H35N3O3/c1-11(2)19-16(22)9-8-15(18(24)21-13(5)6)10-14(7)17(23)20-12(3)4/h11-15H,8-10H2,1-7H3,(H,19,22)(H,20,23)(H,21,24). The van der Waals surface area contributed by atoms with Crippen molar-refractivity contribution in [2.24, 2.45) is 11.8 Å². The lowest BCUT2D eigenvalue weighted by Crippen LogP contribution is -2.40. The maximum absolute atomic E-state index is 12.4. The molecule has 3 amide bonds. The lowest BCUT2D eigenvalue weighted by molar-refractivity contribution is -0.128. The highest BCUT2D eigenvalue weighted by Crippen LogP contribution is 2.19. The van der Waals surface area contributed by atoms with Crippen molar-refractivity contribution in [2.45, 2.75) is 85.9 Å². The Morgan fingerprint density at radius 1 is 0.708 bits per heavy atom. The van der Waals surface area contributed by atoms with Crippen molar-refractivity contribution >= 4 is 17.7 Å². The molecule has 0 aliphatic heterocycles. The molecule has 0 aromatic heterocycles. The van der Waals surface area contributed by atoms with Crippen LogP contribution in [0.15, 0.2) is 0 Å². The van der Waals surface area contributed by atoms with Gasteiger partial charge in [0.25, 0.3) is 0 Å². The average molecular weight is 341 g/mol. The first-order valence-corrected chi connectivity index (χ1v) is 8.93. The van der Waals surface area contributed by atoms with Crippen LogP contribution in [0, 0.1) is 11.8 Å². The van der Waals surface area contributed by atoms with E-state index in [0.29, 0.717) is 12.8 Å². The monoisotopic (exact) mass is 341 g/mol. The number of hydrogen-bond acceptors (Lipinski definition) is 3. The van der Waals surface area contributed by atoms with Crippen LogP contribution in [0.25, 0.3) is 0 Å². The molecule has 0 bridgehead atoms. The molecule has 0 fully saturated rings. The van der Waals surface area contributed by atoms with Crippen molar-refractivity contribution in [1.82, 2.24) is 16.0 Å². The van der Waals surface area contributed by atoms with Crippen molar-refractivity contribution in [3.05, 3.63) is 0 Å². The largest absolute Gasteiger partial charge is 0.354 e. The van der Waals surface area contributed by atoms with E-state index >= 15 is 0 Å². The predicted octanol–water partition coefficient (Wildman–Crippen LogP) is 1.98. The molecule has 24 heavy (non-hydrogen) atoms. The maximum Gasteiger partial charge on any atom is 0.223 e. The Labute approximate surface area is 146 Å². The summed E-state index contributed by atoms with van der Waals surface area (Å²) >= 11 is 0. The number of rotatable bonds is 10. The minimum absolute atomic E-state index is 0.0317. The summed E-state index contributed by atoms with van der Waals surface area (Å²) in [6.45, 7) is 13.2. The van der Waals surface area contributed by atoms with Crippen LogP contribution in [0.2, 0.25) is 0 Å². The first-order valence-electron chi connectivity index (χ1n) is 8.93. The molecule has 0 saturated heterocycles. The van der Waals surface area contributed by atoms with E-state index in [2.05, 4.69) is 16.0 Å². The van der Waals surface area contributed by atoms with Crippen LogP contribution in [-0.4, -0.2) is 35.8 Å². The second-order valence-corrected chi connectivity index (χ2v) is 7.42. The van der Waals surface area contributed by atoms with Crippen LogP contribution >= 0.6 is 0 Å². The molecule has 0 spiro atoms. The molecular formula is C18H35N3O3.